The SMILES string of the molecule is Cc1ccc(C)c(NC(=O)C(Sc2nnc(-c3ccccc3)n2C)c2ccccc2)c1. The van der Waals surface area contributed by atoms with E-state index in [1.54, 1.807) is 0 Å². The zero-order valence-electron chi connectivity index (χ0n) is 17.7. The molecule has 0 aliphatic carbocycles. The maximum atomic E-state index is 13.4. The summed E-state index contributed by atoms with van der Waals surface area (Å²) >= 11 is 1.40. The van der Waals surface area contributed by atoms with Crippen LogP contribution in [-0.2, 0) is 11.8 Å². The Bertz CT molecular complexity index is 1190. The largest absolute Gasteiger partial charge is 0.325 e. The molecule has 1 N–H and O–H groups in total. The molecule has 1 heterocycles. The molecule has 6 heteroatoms. The fourth-order valence-electron chi connectivity index (χ4n) is 3.33. The van der Waals surface area contributed by atoms with Gasteiger partial charge in [-0.1, -0.05) is 84.6 Å². The average molecular weight is 429 g/mol. The third kappa shape index (κ3) is 4.70. The normalized spacial score (nSPS) is 11.8. The Morgan fingerprint density at radius 2 is 1.61 bits per heavy atom. The Balaban J connectivity index is 1.65. The first-order valence-corrected chi connectivity index (χ1v) is 11.0. The topological polar surface area (TPSA) is 59.8 Å². The fourth-order valence-corrected chi connectivity index (χ4v) is 4.33. The smallest absolute Gasteiger partial charge is 0.242 e. The standard InChI is InChI=1S/C25H24N4OS/c1-17-14-15-18(2)21(16-17)26-24(30)22(19-10-6-4-7-11-19)31-25-28-27-23(29(25)3)20-12-8-5-9-13-20/h4-16,22H,1-3H3,(H,26,30). The molecule has 0 saturated carbocycles. The van der Waals surface area contributed by atoms with Crippen molar-refractivity contribution in [1.29, 1.82) is 0 Å². The number of aryl methyl sites for hydroxylation is 2. The second-order valence-electron chi connectivity index (χ2n) is 7.45. The minimum atomic E-state index is -0.465. The Kier molecular flexibility index (Phi) is 6.18. The summed E-state index contributed by atoms with van der Waals surface area (Å²) < 4.78 is 1.93. The first kappa shape index (κ1) is 20.9. The lowest BCUT2D eigenvalue weighted by Crippen LogP contribution is -2.20. The monoisotopic (exact) mass is 428 g/mol. The summed E-state index contributed by atoms with van der Waals surface area (Å²) in [7, 11) is 1.93. The first-order chi connectivity index (χ1) is 15.0. The van der Waals surface area contributed by atoms with E-state index in [2.05, 4.69) is 15.5 Å². The third-order valence-corrected chi connectivity index (χ3v) is 6.37. The van der Waals surface area contributed by atoms with Crippen LogP contribution in [0.4, 0.5) is 5.69 Å². The summed E-state index contributed by atoms with van der Waals surface area (Å²) in [6, 6.07) is 25.7. The van der Waals surface area contributed by atoms with Crippen molar-refractivity contribution >= 4 is 23.4 Å². The van der Waals surface area contributed by atoms with Crippen LogP contribution < -0.4 is 5.32 Å². The molecule has 0 aliphatic rings. The van der Waals surface area contributed by atoms with Crippen LogP contribution in [0.1, 0.15) is 21.9 Å². The van der Waals surface area contributed by atoms with Gasteiger partial charge in [0.05, 0.1) is 0 Å². The van der Waals surface area contributed by atoms with Gasteiger partial charge in [-0.05, 0) is 36.6 Å². The Morgan fingerprint density at radius 1 is 0.935 bits per heavy atom. The van der Waals surface area contributed by atoms with Crippen LogP contribution >= 0.6 is 11.8 Å². The summed E-state index contributed by atoms with van der Waals surface area (Å²) in [5.41, 5.74) is 4.86. The van der Waals surface area contributed by atoms with Crippen molar-refractivity contribution in [2.45, 2.75) is 24.3 Å². The van der Waals surface area contributed by atoms with Crippen LogP contribution in [0, 0.1) is 13.8 Å². The minimum Gasteiger partial charge on any atom is -0.325 e. The van der Waals surface area contributed by atoms with Crippen LogP contribution in [-0.4, -0.2) is 20.7 Å². The highest BCUT2D eigenvalue weighted by Crippen LogP contribution is 2.36. The van der Waals surface area contributed by atoms with Gasteiger partial charge in [-0.25, -0.2) is 0 Å². The van der Waals surface area contributed by atoms with Crippen molar-refractivity contribution in [2.75, 3.05) is 5.32 Å². The molecule has 1 atom stereocenters. The summed E-state index contributed by atoms with van der Waals surface area (Å²) in [5.74, 6) is 0.680. The van der Waals surface area contributed by atoms with Gasteiger partial charge in [0.2, 0.25) is 5.91 Å². The van der Waals surface area contributed by atoms with E-state index >= 15 is 0 Å². The number of carbonyl (C=O) groups is 1. The molecule has 0 bridgehead atoms. The number of anilines is 1. The van der Waals surface area contributed by atoms with Gasteiger partial charge in [0.1, 0.15) is 5.25 Å². The predicted molar refractivity (Wildman–Crippen MR) is 126 cm³/mol. The number of thioether (sulfide) groups is 1. The number of hydrogen-bond acceptors (Lipinski definition) is 4. The van der Waals surface area contributed by atoms with Crippen LogP contribution in [0.5, 0.6) is 0 Å². The van der Waals surface area contributed by atoms with Crippen LogP contribution in [0.3, 0.4) is 0 Å². The molecule has 0 spiro atoms. The van der Waals surface area contributed by atoms with Gasteiger partial charge in [-0.15, -0.1) is 10.2 Å². The molecule has 156 valence electrons. The number of aromatic nitrogens is 3. The van der Waals surface area contributed by atoms with Crippen molar-refractivity contribution in [1.82, 2.24) is 14.8 Å². The number of rotatable bonds is 6. The number of nitrogens with one attached hydrogen (secondary N) is 1. The number of benzene rings is 3. The molecule has 0 fully saturated rings. The Morgan fingerprint density at radius 3 is 2.32 bits per heavy atom. The molecule has 4 rings (SSSR count). The fraction of sp³-hybridized carbons (Fsp3) is 0.160. The van der Waals surface area contributed by atoms with Crippen LogP contribution in [0.25, 0.3) is 11.4 Å². The molecule has 0 aliphatic heterocycles. The molecule has 0 saturated heterocycles. The lowest BCUT2D eigenvalue weighted by Gasteiger charge is -2.18. The summed E-state index contributed by atoms with van der Waals surface area (Å²) in [6.45, 7) is 4.01. The molecule has 1 amide bonds. The molecule has 1 unspecified atom stereocenters. The lowest BCUT2D eigenvalue weighted by atomic mass is 10.1. The summed E-state index contributed by atoms with van der Waals surface area (Å²) in [5, 5.41) is 12.1. The lowest BCUT2D eigenvalue weighted by molar-refractivity contribution is -0.115. The second-order valence-corrected chi connectivity index (χ2v) is 8.52. The van der Waals surface area contributed by atoms with Crippen LogP contribution in [0.15, 0.2) is 84.0 Å². The zero-order valence-corrected chi connectivity index (χ0v) is 18.6. The van der Waals surface area contributed by atoms with Gasteiger partial charge >= 0.3 is 0 Å². The van der Waals surface area contributed by atoms with E-state index < -0.39 is 5.25 Å². The first-order valence-electron chi connectivity index (χ1n) is 10.1. The van der Waals surface area contributed by atoms with Gasteiger partial charge < -0.3 is 9.88 Å². The van der Waals surface area contributed by atoms with Crippen molar-refractivity contribution < 1.29 is 4.79 Å². The number of carbonyl (C=O) groups excluding carboxylic acids is 1. The maximum Gasteiger partial charge on any atom is 0.242 e. The van der Waals surface area contributed by atoms with Gasteiger partial charge in [-0.2, -0.15) is 0 Å². The second kappa shape index (κ2) is 9.18. The zero-order chi connectivity index (χ0) is 21.8. The van der Waals surface area contributed by atoms with E-state index in [9.17, 15) is 4.79 Å². The highest BCUT2D eigenvalue weighted by molar-refractivity contribution is 8.00. The van der Waals surface area contributed by atoms with E-state index in [4.69, 9.17) is 0 Å². The molecular weight excluding hydrogens is 404 g/mol. The van der Waals surface area contributed by atoms with Crippen LogP contribution in [0.2, 0.25) is 0 Å². The summed E-state index contributed by atoms with van der Waals surface area (Å²) in [4.78, 5) is 13.4. The van der Waals surface area contributed by atoms with Gasteiger partial charge in [-0.3, -0.25) is 4.79 Å². The Labute approximate surface area is 186 Å². The third-order valence-electron chi connectivity index (χ3n) is 5.08. The van der Waals surface area contributed by atoms with E-state index in [1.165, 1.54) is 11.8 Å². The highest BCUT2D eigenvalue weighted by atomic mass is 32.2. The molecule has 0 radical (unpaired) electrons. The molecule has 31 heavy (non-hydrogen) atoms. The van der Waals surface area contributed by atoms with E-state index in [0.29, 0.717) is 5.16 Å². The van der Waals surface area contributed by atoms with E-state index in [-0.39, 0.29) is 5.91 Å². The predicted octanol–water partition coefficient (Wildman–Crippen LogP) is 5.57. The molecule has 5 nitrogen and oxygen atoms in total. The van der Waals surface area contributed by atoms with Gasteiger partial charge in [0.25, 0.3) is 0 Å². The van der Waals surface area contributed by atoms with Crippen molar-refractivity contribution in [3.05, 3.63) is 95.6 Å². The van der Waals surface area contributed by atoms with Gasteiger partial charge in [0, 0.05) is 18.3 Å². The Hall–Kier alpha value is -3.38. The molecular formula is C25H24N4OS. The van der Waals surface area contributed by atoms with E-state index in [0.717, 1.165) is 33.8 Å². The maximum absolute atomic E-state index is 13.4. The number of amides is 1. The summed E-state index contributed by atoms with van der Waals surface area (Å²) in [6.07, 6.45) is 0. The average Bonchev–Trinajstić information content (AvgIpc) is 3.15. The molecule has 1 aromatic heterocycles. The highest BCUT2D eigenvalue weighted by Gasteiger charge is 2.25. The molecule has 4 aromatic rings. The van der Waals surface area contributed by atoms with Gasteiger partial charge in [0.15, 0.2) is 11.0 Å². The van der Waals surface area contributed by atoms with E-state index in [1.807, 2.05) is 104 Å². The van der Waals surface area contributed by atoms with Crippen molar-refractivity contribution in [2.24, 2.45) is 7.05 Å². The number of hydrogen-bond donors (Lipinski definition) is 1. The van der Waals surface area contributed by atoms with Crippen molar-refractivity contribution in [3.63, 3.8) is 0 Å². The van der Waals surface area contributed by atoms with Crippen molar-refractivity contribution in [3.8, 4) is 11.4 Å². The quantitative estimate of drug-likeness (QED) is 0.408. The number of nitrogens with zero attached hydrogens (tertiary/aromatic N) is 3. The minimum absolute atomic E-state index is 0.0887. The molecule has 3 aromatic carbocycles.